The van der Waals surface area contributed by atoms with Gasteiger partial charge < -0.3 is 35.4 Å². The molecular weight excluding hydrogens is 599 g/mol. The zero-order chi connectivity index (χ0) is 30.7. The third-order valence-electron chi connectivity index (χ3n) is 7.78. The maximum atomic E-state index is 13.3. The van der Waals surface area contributed by atoms with Crippen molar-refractivity contribution in [2.75, 3.05) is 26.2 Å². The van der Waals surface area contributed by atoms with Gasteiger partial charge in [-0.15, -0.1) is 4.99 Å². The Morgan fingerprint density at radius 2 is 2.00 bits per heavy atom. The molecule has 3 aliphatic heterocycles. The van der Waals surface area contributed by atoms with Crippen molar-refractivity contribution in [3.05, 3.63) is 68.9 Å². The van der Waals surface area contributed by atoms with Gasteiger partial charge in [-0.2, -0.15) is 5.26 Å². The molecule has 226 valence electrons. The lowest BCUT2D eigenvalue weighted by molar-refractivity contribution is -0.139. The van der Waals surface area contributed by atoms with E-state index < -0.39 is 24.0 Å². The van der Waals surface area contributed by atoms with E-state index in [0.29, 0.717) is 43.5 Å². The lowest BCUT2D eigenvalue weighted by atomic mass is 9.96. The number of hydrogen-bond acceptors (Lipinski definition) is 7. The number of hydrogen-bond donors (Lipinski definition) is 4. The minimum Gasteiger partial charge on any atom is -0.480 e. The predicted molar refractivity (Wildman–Crippen MR) is 157 cm³/mol. The average molecular weight is 630 g/mol. The molecule has 2 unspecified atom stereocenters. The standard InChI is InChI=1S/C29H30Cl2N6O6/c30-20-10-17-13-36(27(40)23-11-16-4-1-2-6-22(16)43-23)9-7-19(17)25(31)24(20)26(39)35-21(28(41)42)12-33-29(34-15-32)37-8-3-5-18(38)14-37/h1-2,4,6,10-11,16,18,21-22,38H,3,5,7-9,12-14H2,(H,33,34)(H,35,39)(H,41,42)/t16?,18-,21+,22?/m1/s1. The number of aliphatic hydroxyl groups excluding tert-OH is 1. The van der Waals surface area contributed by atoms with Crippen LogP contribution in [0.25, 0.3) is 0 Å². The Morgan fingerprint density at radius 3 is 2.72 bits per heavy atom. The number of halogens is 2. The zero-order valence-corrected chi connectivity index (χ0v) is 24.5. The first-order chi connectivity index (χ1) is 20.7. The number of carboxylic acids is 1. The number of piperidine rings is 1. The summed E-state index contributed by atoms with van der Waals surface area (Å²) in [6, 6.07) is 0.148. The summed E-state index contributed by atoms with van der Waals surface area (Å²) in [5.74, 6) is -1.95. The Bertz CT molecular complexity index is 1480. The van der Waals surface area contributed by atoms with Crippen molar-refractivity contribution in [1.29, 1.82) is 5.26 Å². The average Bonchev–Trinajstić information content (AvgIpc) is 3.42. The lowest BCUT2D eigenvalue weighted by Crippen LogP contribution is -2.53. The molecule has 5 rings (SSSR count). The summed E-state index contributed by atoms with van der Waals surface area (Å²) in [4.78, 5) is 45.5. The summed E-state index contributed by atoms with van der Waals surface area (Å²) in [5.41, 5.74) is 1.26. The van der Waals surface area contributed by atoms with Gasteiger partial charge in [-0.05, 0) is 48.6 Å². The number of nitrogens with zero attached hydrogens (tertiary/aromatic N) is 4. The topological polar surface area (TPSA) is 168 Å². The second-order valence-corrected chi connectivity index (χ2v) is 11.4. The third-order valence-corrected chi connectivity index (χ3v) is 8.50. The smallest absolute Gasteiger partial charge is 0.328 e. The number of nitrogens with one attached hydrogen (secondary N) is 2. The van der Waals surface area contributed by atoms with E-state index in [9.17, 15) is 24.6 Å². The van der Waals surface area contributed by atoms with E-state index in [-0.39, 0.29) is 64.9 Å². The van der Waals surface area contributed by atoms with E-state index in [2.05, 4.69) is 15.6 Å². The van der Waals surface area contributed by atoms with Crippen molar-refractivity contribution in [3.63, 3.8) is 0 Å². The summed E-state index contributed by atoms with van der Waals surface area (Å²) in [7, 11) is 0. The molecule has 0 aromatic heterocycles. The third kappa shape index (κ3) is 6.64. The van der Waals surface area contributed by atoms with Gasteiger partial charge in [0.05, 0.1) is 21.7 Å². The molecule has 4 N–H and O–H groups in total. The molecule has 0 saturated carbocycles. The van der Waals surface area contributed by atoms with Crippen LogP contribution in [-0.2, 0) is 27.3 Å². The van der Waals surface area contributed by atoms with Crippen molar-refractivity contribution >= 4 is 46.9 Å². The molecule has 1 saturated heterocycles. The van der Waals surface area contributed by atoms with Crippen LogP contribution in [0.15, 0.2) is 47.2 Å². The van der Waals surface area contributed by atoms with Crippen LogP contribution in [0.2, 0.25) is 10.0 Å². The van der Waals surface area contributed by atoms with Crippen molar-refractivity contribution in [1.82, 2.24) is 20.4 Å². The summed E-state index contributed by atoms with van der Waals surface area (Å²) in [6.45, 7) is 1.02. The quantitative estimate of drug-likeness (QED) is 0.209. The number of fused-ring (bicyclic) bond motifs is 2. The maximum Gasteiger partial charge on any atom is 0.328 e. The van der Waals surface area contributed by atoms with Crippen LogP contribution < -0.4 is 10.6 Å². The molecule has 0 radical (unpaired) electrons. The van der Waals surface area contributed by atoms with Crippen molar-refractivity contribution < 1.29 is 29.3 Å². The first-order valence-electron chi connectivity index (χ1n) is 13.9. The Hall–Kier alpha value is -4.05. The minimum absolute atomic E-state index is 0.0127. The highest BCUT2D eigenvalue weighted by molar-refractivity contribution is 6.40. The molecule has 1 fully saturated rings. The van der Waals surface area contributed by atoms with E-state index in [1.165, 1.54) is 0 Å². The Morgan fingerprint density at radius 1 is 1.21 bits per heavy atom. The van der Waals surface area contributed by atoms with Gasteiger partial charge in [-0.1, -0.05) is 41.4 Å². The molecule has 1 aromatic carbocycles. The van der Waals surface area contributed by atoms with E-state index in [0.717, 1.165) is 0 Å². The van der Waals surface area contributed by atoms with Gasteiger partial charge in [-0.3, -0.25) is 9.59 Å². The highest BCUT2D eigenvalue weighted by Crippen LogP contribution is 2.36. The number of carbonyl (C=O) groups is 3. The molecule has 4 atom stereocenters. The number of ether oxygens (including phenoxy) is 1. The number of β-amino-alcohol motifs (C(OH)–C–C–N with tert-alkyl or cyclic N) is 1. The van der Waals surface area contributed by atoms with Crippen LogP contribution >= 0.6 is 23.2 Å². The first-order valence-corrected chi connectivity index (χ1v) is 14.6. The molecule has 0 bridgehead atoms. The van der Waals surface area contributed by atoms with Crippen molar-refractivity contribution in [2.45, 2.75) is 44.1 Å². The normalized spacial score (nSPS) is 23.3. The first kappa shape index (κ1) is 30.4. The van der Waals surface area contributed by atoms with Crippen LogP contribution in [-0.4, -0.2) is 88.2 Å². The molecule has 1 aliphatic carbocycles. The van der Waals surface area contributed by atoms with Crippen LogP contribution in [0.5, 0.6) is 0 Å². The Kier molecular flexibility index (Phi) is 9.25. The summed E-state index contributed by atoms with van der Waals surface area (Å²) in [6.07, 6.45) is 12.0. The van der Waals surface area contributed by atoms with Crippen LogP contribution in [0.1, 0.15) is 34.3 Å². The second-order valence-electron chi connectivity index (χ2n) is 10.6. The van der Waals surface area contributed by atoms with Gasteiger partial charge in [0, 0.05) is 38.6 Å². The molecule has 2 amide bonds. The number of amides is 2. The molecule has 3 heterocycles. The van der Waals surface area contributed by atoms with E-state index >= 15 is 0 Å². The number of carbonyl (C=O) groups excluding carboxylic acids is 2. The van der Waals surface area contributed by atoms with E-state index in [4.69, 9.17) is 33.2 Å². The molecular formula is C29H30Cl2N6O6. The number of allylic oxidation sites excluding steroid dienone is 2. The van der Waals surface area contributed by atoms with Gasteiger partial charge >= 0.3 is 5.97 Å². The van der Waals surface area contributed by atoms with Gasteiger partial charge in [0.1, 0.15) is 12.1 Å². The predicted octanol–water partition coefficient (Wildman–Crippen LogP) is 1.97. The summed E-state index contributed by atoms with van der Waals surface area (Å²) < 4.78 is 5.85. The number of benzene rings is 1. The maximum absolute atomic E-state index is 13.3. The largest absolute Gasteiger partial charge is 0.480 e. The number of nitriles is 1. The molecule has 4 aliphatic rings. The Labute approximate surface area is 257 Å². The monoisotopic (exact) mass is 628 g/mol. The number of rotatable bonds is 6. The van der Waals surface area contributed by atoms with Crippen molar-refractivity contribution in [2.24, 2.45) is 10.9 Å². The van der Waals surface area contributed by atoms with Crippen molar-refractivity contribution in [3.8, 4) is 6.19 Å². The molecule has 1 aromatic rings. The second kappa shape index (κ2) is 13.1. The number of aliphatic carboxylic acids is 1. The highest BCUT2D eigenvalue weighted by atomic mass is 35.5. The molecule has 43 heavy (non-hydrogen) atoms. The number of carboxylic acid groups (broad SMARTS) is 1. The molecule has 0 spiro atoms. The van der Waals surface area contributed by atoms with E-state index in [1.807, 2.05) is 30.4 Å². The summed E-state index contributed by atoms with van der Waals surface area (Å²) >= 11 is 13.2. The number of aliphatic imine (C=N–C) groups is 1. The number of likely N-dealkylation sites (tertiary alicyclic amines) is 1. The fourth-order valence-electron chi connectivity index (χ4n) is 5.58. The molecule has 12 nitrogen and oxygen atoms in total. The fourth-order valence-corrected chi connectivity index (χ4v) is 6.35. The van der Waals surface area contributed by atoms with Crippen LogP contribution in [0.3, 0.4) is 0 Å². The summed E-state index contributed by atoms with van der Waals surface area (Å²) in [5, 5.41) is 34.2. The Balaban J connectivity index is 1.26. The SMILES string of the molecule is N#C/N=C(/NC[C@H](NC(=O)c1c(Cl)cc2c(c1Cl)CCN(C(=O)C1=CC3C=CC=CC3O1)C2)C(=O)O)N1CCC[C@@H](O)C1. The van der Waals surface area contributed by atoms with Gasteiger partial charge in [0.25, 0.3) is 11.8 Å². The fraction of sp³-hybridized carbons (Fsp3) is 0.414. The lowest BCUT2D eigenvalue weighted by Gasteiger charge is -2.32. The zero-order valence-electron chi connectivity index (χ0n) is 23.0. The van der Waals surface area contributed by atoms with Gasteiger partial charge in [0.15, 0.2) is 5.76 Å². The van der Waals surface area contributed by atoms with Crippen LogP contribution in [0.4, 0.5) is 0 Å². The van der Waals surface area contributed by atoms with Gasteiger partial charge in [-0.25, -0.2) is 4.79 Å². The van der Waals surface area contributed by atoms with Gasteiger partial charge in [0.2, 0.25) is 12.2 Å². The number of guanidine groups is 1. The number of aliphatic hydroxyl groups is 1. The molecule has 14 heteroatoms. The minimum atomic E-state index is -1.42. The highest BCUT2D eigenvalue weighted by Gasteiger charge is 2.35. The van der Waals surface area contributed by atoms with Crippen LogP contribution in [0, 0.1) is 17.4 Å². The van der Waals surface area contributed by atoms with E-state index in [1.54, 1.807) is 22.1 Å².